The molecular weight excluding hydrogens is 324 g/mol. The molecule has 1 aromatic rings. The number of esters is 1. The van der Waals surface area contributed by atoms with Gasteiger partial charge in [0.25, 0.3) is 5.91 Å². The fraction of sp³-hybridized carbons (Fsp3) is 0.588. The molecular formula is C17H24N4O4. The fourth-order valence-electron chi connectivity index (χ4n) is 2.67. The summed E-state index contributed by atoms with van der Waals surface area (Å²) < 4.78 is 5.02. The maximum atomic E-state index is 12.2. The maximum Gasteiger partial charge on any atom is 0.309 e. The quantitative estimate of drug-likeness (QED) is 0.760. The zero-order valence-corrected chi connectivity index (χ0v) is 14.7. The Kier molecular flexibility index (Phi) is 6.85. The van der Waals surface area contributed by atoms with E-state index in [1.54, 1.807) is 18.7 Å². The lowest BCUT2D eigenvalue weighted by molar-refractivity contribution is -0.151. The van der Waals surface area contributed by atoms with Crippen LogP contribution < -0.4 is 5.32 Å². The van der Waals surface area contributed by atoms with Crippen LogP contribution in [0.1, 0.15) is 42.4 Å². The molecule has 1 aliphatic rings. The van der Waals surface area contributed by atoms with Crippen LogP contribution in [0.4, 0.5) is 0 Å². The fourth-order valence-corrected chi connectivity index (χ4v) is 2.67. The third-order valence-electron chi connectivity index (χ3n) is 4.11. The summed E-state index contributed by atoms with van der Waals surface area (Å²) in [5.41, 5.74) is 0.964. The summed E-state index contributed by atoms with van der Waals surface area (Å²) in [5, 5.41) is 2.67. The number of carbonyl (C=O) groups is 3. The van der Waals surface area contributed by atoms with Crippen molar-refractivity contribution in [3.8, 4) is 0 Å². The van der Waals surface area contributed by atoms with Crippen LogP contribution in [0.15, 0.2) is 12.4 Å². The minimum atomic E-state index is -0.346. The summed E-state index contributed by atoms with van der Waals surface area (Å²) in [4.78, 5) is 45.5. The number of amides is 2. The number of nitrogens with one attached hydrogen (secondary N) is 1. The Hall–Kier alpha value is -2.51. The summed E-state index contributed by atoms with van der Waals surface area (Å²) in [6, 6.07) is 0. The zero-order valence-electron chi connectivity index (χ0n) is 14.7. The van der Waals surface area contributed by atoms with Crippen molar-refractivity contribution in [1.29, 1.82) is 0 Å². The molecule has 0 aliphatic carbocycles. The van der Waals surface area contributed by atoms with Crippen molar-refractivity contribution in [2.45, 2.75) is 33.1 Å². The second-order valence-corrected chi connectivity index (χ2v) is 5.96. The summed E-state index contributed by atoms with van der Waals surface area (Å²) in [5.74, 6) is -0.677. The number of piperidine rings is 1. The maximum absolute atomic E-state index is 12.2. The zero-order chi connectivity index (χ0) is 18.2. The monoisotopic (exact) mass is 348 g/mol. The van der Waals surface area contributed by atoms with Gasteiger partial charge in [-0.25, -0.2) is 4.98 Å². The molecule has 136 valence electrons. The van der Waals surface area contributed by atoms with E-state index >= 15 is 0 Å². The van der Waals surface area contributed by atoms with E-state index in [0.717, 1.165) is 5.69 Å². The smallest absolute Gasteiger partial charge is 0.309 e. The van der Waals surface area contributed by atoms with E-state index in [2.05, 4.69) is 15.3 Å². The molecule has 1 saturated heterocycles. The van der Waals surface area contributed by atoms with Gasteiger partial charge in [0.2, 0.25) is 5.91 Å². The number of ether oxygens (including phenoxy) is 1. The standard InChI is InChI=1S/C17H24N4O4/c1-3-25-17(24)13-5-8-21(9-6-13)15(22)4-7-18-16(23)14-11-19-12(2)10-20-14/h10-11,13H,3-9H2,1-2H3,(H,18,23). The van der Waals surface area contributed by atoms with Crippen molar-refractivity contribution < 1.29 is 19.1 Å². The highest BCUT2D eigenvalue weighted by Gasteiger charge is 2.27. The van der Waals surface area contributed by atoms with Crippen LogP contribution >= 0.6 is 0 Å². The molecule has 0 aromatic carbocycles. The molecule has 2 rings (SSSR count). The van der Waals surface area contributed by atoms with Gasteiger partial charge in [-0.15, -0.1) is 0 Å². The largest absolute Gasteiger partial charge is 0.466 e. The highest BCUT2D eigenvalue weighted by Crippen LogP contribution is 2.19. The second-order valence-electron chi connectivity index (χ2n) is 5.96. The van der Waals surface area contributed by atoms with Crippen LogP contribution in [0.3, 0.4) is 0 Å². The lowest BCUT2D eigenvalue weighted by Gasteiger charge is -2.31. The van der Waals surface area contributed by atoms with Gasteiger partial charge >= 0.3 is 5.97 Å². The molecule has 1 aliphatic heterocycles. The van der Waals surface area contributed by atoms with E-state index in [1.807, 2.05) is 0 Å². The Morgan fingerprint density at radius 2 is 1.96 bits per heavy atom. The molecule has 2 amide bonds. The summed E-state index contributed by atoms with van der Waals surface area (Å²) in [6.07, 6.45) is 4.39. The highest BCUT2D eigenvalue weighted by atomic mass is 16.5. The molecule has 8 heteroatoms. The van der Waals surface area contributed by atoms with Crippen LogP contribution in [0.25, 0.3) is 0 Å². The molecule has 0 spiro atoms. The molecule has 1 aromatic heterocycles. The van der Waals surface area contributed by atoms with E-state index < -0.39 is 0 Å². The summed E-state index contributed by atoms with van der Waals surface area (Å²) >= 11 is 0. The van der Waals surface area contributed by atoms with Crippen LogP contribution in [0, 0.1) is 12.8 Å². The predicted molar refractivity (Wildman–Crippen MR) is 89.7 cm³/mol. The summed E-state index contributed by atoms with van der Waals surface area (Å²) in [7, 11) is 0. The van der Waals surface area contributed by atoms with Crippen molar-refractivity contribution in [3.63, 3.8) is 0 Å². The number of hydrogen-bond acceptors (Lipinski definition) is 6. The van der Waals surface area contributed by atoms with Gasteiger partial charge in [-0.1, -0.05) is 0 Å². The Labute approximate surface area is 147 Å². The molecule has 1 N–H and O–H groups in total. The Balaban J connectivity index is 1.70. The van der Waals surface area contributed by atoms with E-state index in [9.17, 15) is 14.4 Å². The summed E-state index contributed by atoms with van der Waals surface area (Å²) in [6.45, 7) is 5.28. The third-order valence-corrected chi connectivity index (χ3v) is 4.11. The lowest BCUT2D eigenvalue weighted by atomic mass is 9.97. The van der Waals surface area contributed by atoms with E-state index in [0.29, 0.717) is 32.5 Å². The number of aryl methyl sites for hydroxylation is 1. The number of hydrogen-bond donors (Lipinski definition) is 1. The van der Waals surface area contributed by atoms with Crippen molar-refractivity contribution in [1.82, 2.24) is 20.2 Å². The molecule has 8 nitrogen and oxygen atoms in total. The van der Waals surface area contributed by atoms with Gasteiger partial charge in [0.1, 0.15) is 5.69 Å². The Morgan fingerprint density at radius 1 is 1.24 bits per heavy atom. The molecule has 0 bridgehead atoms. The number of aromatic nitrogens is 2. The van der Waals surface area contributed by atoms with Crippen molar-refractivity contribution >= 4 is 17.8 Å². The molecule has 0 saturated carbocycles. The van der Waals surface area contributed by atoms with Gasteiger partial charge in [-0.3, -0.25) is 19.4 Å². The molecule has 2 heterocycles. The van der Waals surface area contributed by atoms with Crippen LogP contribution in [0.2, 0.25) is 0 Å². The van der Waals surface area contributed by atoms with Crippen LogP contribution in [0.5, 0.6) is 0 Å². The minimum absolute atomic E-state index is 0.0300. The van der Waals surface area contributed by atoms with Gasteiger partial charge < -0.3 is 15.0 Å². The van der Waals surface area contributed by atoms with Gasteiger partial charge in [0.05, 0.1) is 24.4 Å². The molecule has 1 fully saturated rings. The van der Waals surface area contributed by atoms with Crippen LogP contribution in [-0.4, -0.2) is 58.9 Å². The average molecular weight is 348 g/mol. The van der Waals surface area contributed by atoms with Gasteiger partial charge in [0, 0.05) is 32.3 Å². The van der Waals surface area contributed by atoms with Gasteiger partial charge in [-0.2, -0.15) is 0 Å². The molecule has 0 radical (unpaired) electrons. The van der Waals surface area contributed by atoms with Crippen molar-refractivity contribution in [3.05, 3.63) is 23.8 Å². The van der Waals surface area contributed by atoms with Gasteiger partial charge in [0.15, 0.2) is 0 Å². The first-order valence-corrected chi connectivity index (χ1v) is 8.52. The van der Waals surface area contributed by atoms with E-state index in [-0.39, 0.29) is 42.4 Å². The normalized spacial score (nSPS) is 14.9. The molecule has 25 heavy (non-hydrogen) atoms. The number of rotatable bonds is 6. The number of likely N-dealkylation sites (tertiary alicyclic amines) is 1. The Bertz CT molecular complexity index is 610. The first kappa shape index (κ1) is 18.8. The first-order chi connectivity index (χ1) is 12.0. The SMILES string of the molecule is CCOC(=O)C1CCN(C(=O)CCNC(=O)c2cnc(C)cn2)CC1. The molecule has 0 atom stereocenters. The molecule has 0 unspecified atom stereocenters. The topological polar surface area (TPSA) is 101 Å². The Morgan fingerprint density at radius 3 is 2.56 bits per heavy atom. The lowest BCUT2D eigenvalue weighted by Crippen LogP contribution is -2.41. The van der Waals surface area contributed by atoms with E-state index in [4.69, 9.17) is 4.74 Å². The number of nitrogens with zero attached hydrogens (tertiary/aromatic N) is 3. The third kappa shape index (κ3) is 5.51. The van der Waals surface area contributed by atoms with Crippen molar-refractivity contribution in [2.75, 3.05) is 26.2 Å². The van der Waals surface area contributed by atoms with Crippen molar-refractivity contribution in [2.24, 2.45) is 5.92 Å². The minimum Gasteiger partial charge on any atom is -0.466 e. The highest BCUT2D eigenvalue weighted by molar-refractivity contribution is 5.92. The number of carbonyl (C=O) groups excluding carboxylic acids is 3. The predicted octanol–water partition coefficient (Wildman–Crippen LogP) is 0.707. The average Bonchev–Trinajstić information content (AvgIpc) is 2.62. The first-order valence-electron chi connectivity index (χ1n) is 8.52. The second kappa shape index (κ2) is 9.10. The van der Waals surface area contributed by atoms with Crippen LogP contribution in [-0.2, 0) is 14.3 Å². The van der Waals surface area contributed by atoms with E-state index in [1.165, 1.54) is 12.4 Å². The van der Waals surface area contributed by atoms with Gasteiger partial charge in [-0.05, 0) is 26.7 Å².